The van der Waals surface area contributed by atoms with E-state index in [2.05, 4.69) is 4.98 Å². The van der Waals surface area contributed by atoms with Crippen molar-refractivity contribution in [1.82, 2.24) is 4.98 Å². The van der Waals surface area contributed by atoms with Crippen molar-refractivity contribution in [3.8, 4) is 0 Å². The van der Waals surface area contributed by atoms with Gasteiger partial charge < -0.3 is 9.72 Å². The average Bonchev–Trinajstić information content (AvgIpc) is 2.54. The molecule has 4 heteroatoms. The van der Waals surface area contributed by atoms with Crippen molar-refractivity contribution < 1.29 is 9.53 Å². The lowest BCUT2D eigenvalue weighted by atomic mass is 10.0. The number of aryl methyl sites for hydroxylation is 1. The van der Waals surface area contributed by atoms with Crippen LogP contribution in [0.5, 0.6) is 0 Å². The SMILES string of the molecule is Cc1[nH]c(=O)c2ccccc2c1C(=O)OCc1ccccc1. The van der Waals surface area contributed by atoms with Crippen LogP contribution in [0.2, 0.25) is 0 Å². The largest absolute Gasteiger partial charge is 0.457 e. The summed E-state index contributed by atoms with van der Waals surface area (Å²) in [7, 11) is 0. The number of carbonyl (C=O) groups is 1. The van der Waals surface area contributed by atoms with E-state index < -0.39 is 5.97 Å². The number of H-pyrrole nitrogens is 1. The minimum Gasteiger partial charge on any atom is -0.457 e. The summed E-state index contributed by atoms with van der Waals surface area (Å²) in [5.74, 6) is -0.436. The first-order valence-corrected chi connectivity index (χ1v) is 6.99. The molecule has 0 saturated carbocycles. The van der Waals surface area contributed by atoms with E-state index in [-0.39, 0.29) is 12.2 Å². The summed E-state index contributed by atoms with van der Waals surface area (Å²) in [6.07, 6.45) is 0. The Morgan fingerprint density at radius 1 is 1.00 bits per heavy atom. The summed E-state index contributed by atoms with van der Waals surface area (Å²) in [4.78, 5) is 27.1. The van der Waals surface area contributed by atoms with E-state index in [1.165, 1.54) is 0 Å². The minimum atomic E-state index is -0.436. The zero-order valence-corrected chi connectivity index (χ0v) is 12.1. The van der Waals surface area contributed by atoms with E-state index in [1.807, 2.05) is 30.3 Å². The van der Waals surface area contributed by atoms with E-state index in [0.717, 1.165) is 5.56 Å². The van der Waals surface area contributed by atoms with Crippen molar-refractivity contribution in [2.75, 3.05) is 0 Å². The van der Waals surface area contributed by atoms with Crippen molar-refractivity contribution >= 4 is 16.7 Å². The molecule has 2 aromatic carbocycles. The van der Waals surface area contributed by atoms with Crippen LogP contribution in [0.4, 0.5) is 0 Å². The standard InChI is InChI=1S/C18H15NO3/c1-12-16(14-9-5-6-10-15(14)17(20)19-12)18(21)22-11-13-7-3-2-4-8-13/h2-10H,11H2,1H3,(H,19,20). The molecular formula is C18H15NO3. The number of hydrogen-bond acceptors (Lipinski definition) is 3. The second kappa shape index (κ2) is 5.85. The lowest BCUT2D eigenvalue weighted by molar-refractivity contribution is 0.0473. The topological polar surface area (TPSA) is 59.2 Å². The van der Waals surface area contributed by atoms with Gasteiger partial charge in [-0.1, -0.05) is 48.5 Å². The number of fused-ring (bicyclic) bond motifs is 1. The number of benzene rings is 2. The lowest BCUT2D eigenvalue weighted by Gasteiger charge is -2.10. The van der Waals surface area contributed by atoms with Crippen molar-refractivity contribution in [1.29, 1.82) is 0 Å². The number of aromatic amines is 1. The molecule has 0 fully saturated rings. The first kappa shape index (κ1) is 14.1. The highest BCUT2D eigenvalue weighted by Gasteiger charge is 2.17. The van der Waals surface area contributed by atoms with Crippen LogP contribution in [-0.2, 0) is 11.3 Å². The summed E-state index contributed by atoms with van der Waals surface area (Å²) in [6, 6.07) is 16.5. The monoisotopic (exact) mass is 293 g/mol. The first-order chi connectivity index (χ1) is 10.7. The second-order valence-corrected chi connectivity index (χ2v) is 5.06. The molecular weight excluding hydrogens is 278 g/mol. The smallest absolute Gasteiger partial charge is 0.340 e. The van der Waals surface area contributed by atoms with Crippen molar-refractivity contribution in [2.24, 2.45) is 0 Å². The van der Waals surface area contributed by atoms with Gasteiger partial charge in [-0.3, -0.25) is 4.79 Å². The van der Waals surface area contributed by atoms with Gasteiger partial charge in [-0.2, -0.15) is 0 Å². The van der Waals surface area contributed by atoms with E-state index in [0.29, 0.717) is 22.0 Å². The molecule has 4 nitrogen and oxygen atoms in total. The van der Waals surface area contributed by atoms with Gasteiger partial charge in [0.15, 0.2) is 0 Å². The Kier molecular flexibility index (Phi) is 3.74. The normalized spacial score (nSPS) is 10.6. The Labute approximate surface area is 127 Å². The molecule has 0 aliphatic carbocycles. The van der Waals surface area contributed by atoms with Crippen molar-refractivity contribution in [2.45, 2.75) is 13.5 Å². The minimum absolute atomic E-state index is 0.201. The van der Waals surface area contributed by atoms with E-state index in [9.17, 15) is 9.59 Å². The molecule has 0 aliphatic rings. The van der Waals surface area contributed by atoms with Gasteiger partial charge in [-0.05, 0) is 18.6 Å². The van der Waals surface area contributed by atoms with E-state index >= 15 is 0 Å². The summed E-state index contributed by atoms with van der Waals surface area (Å²) < 4.78 is 5.38. The third-order valence-corrected chi connectivity index (χ3v) is 3.53. The number of nitrogens with one attached hydrogen (secondary N) is 1. The Balaban J connectivity index is 1.96. The molecule has 110 valence electrons. The molecule has 0 radical (unpaired) electrons. The van der Waals surface area contributed by atoms with Gasteiger partial charge >= 0.3 is 5.97 Å². The van der Waals surface area contributed by atoms with Gasteiger partial charge in [0, 0.05) is 16.5 Å². The Morgan fingerprint density at radius 2 is 1.64 bits per heavy atom. The van der Waals surface area contributed by atoms with Gasteiger partial charge in [-0.15, -0.1) is 0 Å². The Morgan fingerprint density at radius 3 is 2.36 bits per heavy atom. The number of pyridine rings is 1. The number of rotatable bonds is 3. The molecule has 0 saturated heterocycles. The third kappa shape index (κ3) is 2.63. The molecule has 1 aromatic heterocycles. The summed E-state index contributed by atoms with van der Waals surface area (Å²) in [5.41, 5.74) is 1.64. The first-order valence-electron chi connectivity index (χ1n) is 6.99. The highest BCUT2D eigenvalue weighted by atomic mass is 16.5. The van der Waals surface area contributed by atoms with Crippen LogP contribution in [0, 0.1) is 6.92 Å². The van der Waals surface area contributed by atoms with Crippen LogP contribution in [0.1, 0.15) is 21.6 Å². The van der Waals surface area contributed by atoms with Crippen LogP contribution in [-0.4, -0.2) is 11.0 Å². The molecule has 0 aliphatic heterocycles. The number of hydrogen-bond donors (Lipinski definition) is 1. The van der Waals surface area contributed by atoms with Crippen LogP contribution in [0.25, 0.3) is 10.8 Å². The van der Waals surface area contributed by atoms with Crippen LogP contribution in [0.3, 0.4) is 0 Å². The van der Waals surface area contributed by atoms with Crippen LogP contribution < -0.4 is 5.56 Å². The maximum atomic E-state index is 12.4. The molecule has 3 rings (SSSR count). The predicted molar refractivity (Wildman–Crippen MR) is 84.9 cm³/mol. The quantitative estimate of drug-likeness (QED) is 0.754. The summed E-state index contributed by atoms with van der Waals surface area (Å²) in [6.45, 7) is 1.90. The zero-order chi connectivity index (χ0) is 15.5. The van der Waals surface area contributed by atoms with Gasteiger partial charge in [0.1, 0.15) is 6.61 Å². The highest BCUT2D eigenvalue weighted by Crippen LogP contribution is 2.19. The van der Waals surface area contributed by atoms with E-state index in [4.69, 9.17) is 4.74 Å². The molecule has 1 heterocycles. The summed E-state index contributed by atoms with van der Waals surface area (Å²) >= 11 is 0. The molecule has 1 N–H and O–H groups in total. The molecule has 22 heavy (non-hydrogen) atoms. The lowest BCUT2D eigenvalue weighted by Crippen LogP contribution is -2.15. The molecule has 0 amide bonds. The Hall–Kier alpha value is -2.88. The van der Waals surface area contributed by atoms with Gasteiger partial charge in [-0.25, -0.2) is 4.79 Å². The van der Waals surface area contributed by atoms with Crippen LogP contribution >= 0.6 is 0 Å². The number of carbonyl (C=O) groups excluding carboxylic acids is 1. The van der Waals surface area contributed by atoms with Crippen molar-refractivity contribution in [3.05, 3.63) is 81.8 Å². The zero-order valence-electron chi connectivity index (χ0n) is 12.1. The van der Waals surface area contributed by atoms with Gasteiger partial charge in [0.05, 0.1) is 5.56 Å². The Bertz CT molecular complexity index is 882. The fourth-order valence-corrected chi connectivity index (χ4v) is 2.46. The van der Waals surface area contributed by atoms with Gasteiger partial charge in [0.2, 0.25) is 0 Å². The van der Waals surface area contributed by atoms with Crippen molar-refractivity contribution in [3.63, 3.8) is 0 Å². The molecule has 0 spiro atoms. The van der Waals surface area contributed by atoms with Crippen LogP contribution in [0.15, 0.2) is 59.4 Å². The number of esters is 1. The molecule has 3 aromatic rings. The maximum Gasteiger partial charge on any atom is 0.340 e. The fourth-order valence-electron chi connectivity index (χ4n) is 2.46. The third-order valence-electron chi connectivity index (χ3n) is 3.53. The second-order valence-electron chi connectivity index (χ2n) is 5.06. The highest BCUT2D eigenvalue weighted by molar-refractivity contribution is 6.05. The number of aromatic nitrogens is 1. The average molecular weight is 293 g/mol. The van der Waals surface area contributed by atoms with E-state index in [1.54, 1.807) is 31.2 Å². The molecule has 0 unspecified atom stereocenters. The number of ether oxygens (including phenoxy) is 1. The van der Waals surface area contributed by atoms with Gasteiger partial charge in [0.25, 0.3) is 5.56 Å². The maximum absolute atomic E-state index is 12.4. The molecule has 0 atom stereocenters. The predicted octanol–water partition coefficient (Wildman–Crippen LogP) is 3.19. The fraction of sp³-hybridized carbons (Fsp3) is 0.111. The summed E-state index contributed by atoms with van der Waals surface area (Å²) in [5, 5.41) is 1.10. The molecule has 0 bridgehead atoms.